The van der Waals surface area contributed by atoms with E-state index in [1.165, 1.54) is 17.8 Å². The summed E-state index contributed by atoms with van der Waals surface area (Å²) in [4.78, 5) is 7.64. The average Bonchev–Trinajstić information content (AvgIpc) is 2.77. The summed E-state index contributed by atoms with van der Waals surface area (Å²) >= 11 is 7.36. The van der Waals surface area contributed by atoms with E-state index in [-0.39, 0.29) is 0 Å². The summed E-state index contributed by atoms with van der Waals surface area (Å²) in [6.07, 6.45) is 3.17. The van der Waals surface area contributed by atoms with Crippen LogP contribution in [0.3, 0.4) is 0 Å². The molecule has 2 rings (SSSR count). The van der Waals surface area contributed by atoms with Crippen LogP contribution in [0.15, 0.2) is 6.20 Å². The normalized spacial score (nSPS) is 21.4. The van der Waals surface area contributed by atoms with E-state index in [4.69, 9.17) is 11.6 Å². The summed E-state index contributed by atoms with van der Waals surface area (Å²) in [5.41, 5.74) is 0. The summed E-state index contributed by atoms with van der Waals surface area (Å²) in [6, 6.07) is 0. The molecule has 1 atom stereocenters. The van der Waals surface area contributed by atoms with Gasteiger partial charge in [-0.3, -0.25) is 0 Å². The van der Waals surface area contributed by atoms with Gasteiger partial charge in [-0.05, 0) is 32.5 Å². The summed E-state index contributed by atoms with van der Waals surface area (Å²) < 4.78 is 0.640. The van der Waals surface area contributed by atoms with Gasteiger partial charge in [0, 0.05) is 24.2 Å². The van der Waals surface area contributed by atoms with Crippen molar-refractivity contribution in [2.45, 2.75) is 13.0 Å². The molecule has 1 N–H and O–H groups in total. The van der Waals surface area contributed by atoms with E-state index in [9.17, 15) is 0 Å². The van der Waals surface area contributed by atoms with Crippen molar-refractivity contribution in [1.29, 1.82) is 0 Å². The molecule has 1 fully saturated rings. The van der Waals surface area contributed by atoms with E-state index < -0.39 is 0 Å². The van der Waals surface area contributed by atoms with Crippen LogP contribution in [0, 0.1) is 5.92 Å². The molecule has 1 aromatic heterocycles. The Balaban J connectivity index is 1.78. The first-order valence-corrected chi connectivity index (χ1v) is 6.43. The van der Waals surface area contributed by atoms with Crippen molar-refractivity contribution >= 4 is 22.9 Å². The van der Waals surface area contributed by atoms with E-state index in [0.29, 0.717) is 4.47 Å². The molecule has 0 bridgehead atoms. The summed E-state index contributed by atoms with van der Waals surface area (Å²) in [6.45, 7) is 4.45. The maximum Gasteiger partial charge on any atom is 0.183 e. The molecule has 5 heteroatoms. The van der Waals surface area contributed by atoms with Gasteiger partial charge in [-0.1, -0.05) is 11.6 Å². The highest BCUT2D eigenvalue weighted by molar-refractivity contribution is 7.15. The maximum atomic E-state index is 5.79. The first-order valence-electron chi connectivity index (χ1n) is 5.23. The van der Waals surface area contributed by atoms with Crippen molar-refractivity contribution in [2.24, 2.45) is 5.92 Å². The number of rotatable bonds is 4. The monoisotopic (exact) mass is 245 g/mol. The van der Waals surface area contributed by atoms with Crippen molar-refractivity contribution in [3.05, 3.63) is 15.5 Å². The molecular weight excluding hydrogens is 230 g/mol. The predicted molar refractivity (Wildman–Crippen MR) is 64.4 cm³/mol. The van der Waals surface area contributed by atoms with Crippen molar-refractivity contribution in [2.75, 3.05) is 26.7 Å². The Labute approximate surface area is 99.5 Å². The van der Waals surface area contributed by atoms with Crippen LogP contribution in [0.4, 0.5) is 0 Å². The van der Waals surface area contributed by atoms with Crippen LogP contribution in [-0.4, -0.2) is 36.6 Å². The highest BCUT2D eigenvalue weighted by atomic mass is 35.5. The second-order valence-electron chi connectivity index (χ2n) is 4.14. The molecule has 1 aromatic rings. The number of thiazole rings is 1. The van der Waals surface area contributed by atoms with Gasteiger partial charge in [-0.2, -0.15) is 0 Å². The molecule has 1 saturated heterocycles. The molecule has 0 radical (unpaired) electrons. The molecule has 1 aliphatic rings. The summed E-state index contributed by atoms with van der Waals surface area (Å²) in [5.74, 6) is 0.804. The van der Waals surface area contributed by atoms with Gasteiger partial charge in [-0.15, -0.1) is 11.3 Å². The van der Waals surface area contributed by atoms with Gasteiger partial charge in [-0.25, -0.2) is 4.98 Å². The van der Waals surface area contributed by atoms with E-state index in [1.807, 2.05) is 6.20 Å². The highest BCUT2D eigenvalue weighted by Crippen LogP contribution is 2.19. The topological polar surface area (TPSA) is 28.2 Å². The molecule has 0 aromatic carbocycles. The Morgan fingerprint density at radius 1 is 1.73 bits per heavy atom. The molecule has 3 nitrogen and oxygen atoms in total. The molecule has 84 valence electrons. The molecule has 0 saturated carbocycles. The third-order valence-electron chi connectivity index (χ3n) is 2.68. The van der Waals surface area contributed by atoms with Crippen LogP contribution in [-0.2, 0) is 6.54 Å². The van der Waals surface area contributed by atoms with Gasteiger partial charge < -0.3 is 10.2 Å². The Kier molecular flexibility index (Phi) is 3.97. The molecule has 1 aliphatic heterocycles. The van der Waals surface area contributed by atoms with E-state index in [1.54, 1.807) is 11.3 Å². The Morgan fingerprint density at radius 2 is 2.60 bits per heavy atom. The smallest absolute Gasteiger partial charge is 0.183 e. The fourth-order valence-corrected chi connectivity index (χ4v) is 3.06. The number of halogens is 1. The third-order valence-corrected chi connectivity index (χ3v) is 3.78. The van der Waals surface area contributed by atoms with Gasteiger partial charge in [0.05, 0.1) is 0 Å². The average molecular weight is 246 g/mol. The van der Waals surface area contributed by atoms with Gasteiger partial charge in [0.1, 0.15) is 0 Å². The molecule has 0 spiro atoms. The number of aromatic nitrogens is 1. The lowest BCUT2D eigenvalue weighted by atomic mass is 10.1. The van der Waals surface area contributed by atoms with Crippen molar-refractivity contribution < 1.29 is 0 Å². The van der Waals surface area contributed by atoms with Crippen molar-refractivity contribution in [3.63, 3.8) is 0 Å². The van der Waals surface area contributed by atoms with E-state index >= 15 is 0 Å². The van der Waals surface area contributed by atoms with Gasteiger partial charge >= 0.3 is 0 Å². The summed E-state index contributed by atoms with van der Waals surface area (Å²) in [7, 11) is 2.16. The lowest BCUT2D eigenvalue weighted by molar-refractivity contribution is 0.280. The van der Waals surface area contributed by atoms with Crippen LogP contribution in [0.1, 0.15) is 11.3 Å². The SMILES string of the molecule is CN(Cc1cnc(Cl)s1)CC1CCNC1. The predicted octanol–water partition coefficient (Wildman–Crippen LogP) is 1.84. The lowest BCUT2D eigenvalue weighted by Gasteiger charge is -2.19. The zero-order valence-electron chi connectivity index (χ0n) is 8.87. The number of hydrogen-bond acceptors (Lipinski definition) is 4. The fraction of sp³-hybridized carbons (Fsp3) is 0.700. The molecule has 0 amide bonds. The second kappa shape index (κ2) is 5.25. The summed E-state index contributed by atoms with van der Waals surface area (Å²) in [5, 5.41) is 3.39. The van der Waals surface area contributed by atoms with Crippen LogP contribution in [0.5, 0.6) is 0 Å². The minimum absolute atomic E-state index is 0.640. The van der Waals surface area contributed by atoms with Crippen LogP contribution in [0.25, 0.3) is 0 Å². The minimum atomic E-state index is 0.640. The highest BCUT2D eigenvalue weighted by Gasteiger charge is 2.16. The quantitative estimate of drug-likeness (QED) is 0.878. The van der Waals surface area contributed by atoms with E-state index in [0.717, 1.165) is 25.6 Å². The fourth-order valence-electron chi connectivity index (χ4n) is 2.00. The molecule has 2 heterocycles. The first kappa shape index (κ1) is 11.3. The largest absolute Gasteiger partial charge is 0.316 e. The maximum absolute atomic E-state index is 5.79. The zero-order chi connectivity index (χ0) is 10.7. The molecule has 0 aliphatic carbocycles. The first-order chi connectivity index (χ1) is 7.24. The number of hydrogen-bond donors (Lipinski definition) is 1. The Bertz CT molecular complexity index is 309. The Morgan fingerprint density at radius 3 is 3.20 bits per heavy atom. The minimum Gasteiger partial charge on any atom is -0.316 e. The zero-order valence-corrected chi connectivity index (χ0v) is 10.4. The van der Waals surface area contributed by atoms with Gasteiger partial charge in [0.25, 0.3) is 0 Å². The van der Waals surface area contributed by atoms with Gasteiger partial charge in [0.15, 0.2) is 4.47 Å². The molecular formula is C10H16ClN3S. The molecule has 1 unspecified atom stereocenters. The van der Waals surface area contributed by atoms with E-state index in [2.05, 4.69) is 22.2 Å². The standard InChI is InChI=1S/C10H16ClN3S/c1-14(6-8-2-3-12-4-8)7-9-5-13-10(11)15-9/h5,8,12H,2-4,6-7H2,1H3. The van der Waals surface area contributed by atoms with Crippen LogP contribution < -0.4 is 5.32 Å². The Hall–Kier alpha value is -0.160. The number of nitrogens with one attached hydrogen (secondary N) is 1. The van der Waals surface area contributed by atoms with Crippen LogP contribution in [0.2, 0.25) is 4.47 Å². The van der Waals surface area contributed by atoms with Crippen LogP contribution >= 0.6 is 22.9 Å². The second-order valence-corrected chi connectivity index (χ2v) is 5.83. The van der Waals surface area contributed by atoms with Crippen molar-refractivity contribution in [1.82, 2.24) is 15.2 Å². The lowest BCUT2D eigenvalue weighted by Crippen LogP contribution is -2.26. The van der Waals surface area contributed by atoms with Gasteiger partial charge in [0.2, 0.25) is 0 Å². The number of nitrogens with zero attached hydrogens (tertiary/aromatic N) is 2. The third kappa shape index (κ3) is 3.41. The van der Waals surface area contributed by atoms with Crippen molar-refractivity contribution in [3.8, 4) is 0 Å². The molecule has 15 heavy (non-hydrogen) atoms.